The molecule has 2 aromatic rings. The normalized spacial score (nSPS) is 16.1. The van der Waals surface area contributed by atoms with Gasteiger partial charge in [0.15, 0.2) is 0 Å². The summed E-state index contributed by atoms with van der Waals surface area (Å²) in [6, 6.07) is 7.07. The number of rotatable bonds is 5. The Bertz CT molecular complexity index is 724. The highest BCUT2D eigenvalue weighted by Crippen LogP contribution is 2.19. The second kappa shape index (κ2) is 6.47. The van der Waals surface area contributed by atoms with Crippen LogP contribution in [0, 0.1) is 0 Å². The third kappa shape index (κ3) is 3.57. The zero-order chi connectivity index (χ0) is 16.4. The molecule has 1 fully saturated rings. The van der Waals surface area contributed by atoms with Crippen molar-refractivity contribution in [3.8, 4) is 11.4 Å². The molecule has 122 valence electrons. The van der Waals surface area contributed by atoms with Crippen LogP contribution in [0.2, 0.25) is 0 Å². The molecule has 8 nitrogen and oxygen atoms in total. The first-order chi connectivity index (χ1) is 11.0. The fraction of sp³-hybridized carbons (Fsp3) is 0.357. The van der Waals surface area contributed by atoms with E-state index in [9.17, 15) is 9.00 Å². The lowest BCUT2D eigenvalue weighted by atomic mass is 10.2. The summed E-state index contributed by atoms with van der Waals surface area (Å²) in [5, 5.41) is 12.6. The number of aromatic nitrogens is 2. The molecule has 1 aliphatic heterocycles. The van der Waals surface area contributed by atoms with Crippen molar-refractivity contribution in [3.05, 3.63) is 30.2 Å². The summed E-state index contributed by atoms with van der Waals surface area (Å²) in [5.74, 6) is 0.759. The van der Waals surface area contributed by atoms with Gasteiger partial charge in [0, 0.05) is 27.5 Å². The highest BCUT2D eigenvalue weighted by molar-refractivity contribution is 7.84. The lowest BCUT2D eigenvalue weighted by molar-refractivity contribution is -0.0589. The number of hydrogen-bond donors (Lipinski definition) is 1. The molecule has 1 atom stereocenters. The van der Waals surface area contributed by atoms with Crippen molar-refractivity contribution in [2.45, 2.75) is 17.6 Å². The Hall–Kier alpha value is -2.26. The molecule has 9 heteroatoms. The lowest BCUT2D eigenvalue weighted by Crippen LogP contribution is -2.54. The van der Waals surface area contributed by atoms with Crippen LogP contribution in [0.4, 0.5) is 4.79 Å². The van der Waals surface area contributed by atoms with Crippen LogP contribution in [0.3, 0.4) is 0 Å². The van der Waals surface area contributed by atoms with Crippen LogP contribution in [0.5, 0.6) is 0 Å². The zero-order valence-corrected chi connectivity index (χ0v) is 13.2. The molecule has 0 radical (unpaired) electrons. The predicted octanol–water partition coefficient (Wildman–Crippen LogP) is 1.35. The number of benzene rings is 1. The van der Waals surface area contributed by atoms with Gasteiger partial charge in [0.25, 0.3) is 5.89 Å². The number of hydrogen-bond acceptors (Lipinski definition) is 6. The van der Waals surface area contributed by atoms with Gasteiger partial charge in [0.1, 0.15) is 6.61 Å². The van der Waals surface area contributed by atoms with Gasteiger partial charge >= 0.3 is 6.09 Å². The second-order valence-electron chi connectivity index (χ2n) is 5.11. The highest BCUT2D eigenvalue weighted by atomic mass is 32.2. The summed E-state index contributed by atoms with van der Waals surface area (Å²) in [6.07, 6.45) is 0.534. The van der Waals surface area contributed by atoms with Crippen molar-refractivity contribution in [2.75, 3.05) is 19.3 Å². The van der Waals surface area contributed by atoms with Crippen molar-refractivity contribution in [1.82, 2.24) is 15.0 Å². The first-order valence-electron chi connectivity index (χ1n) is 6.89. The first-order valence-corrected chi connectivity index (χ1v) is 8.44. The number of ether oxygens (including phenoxy) is 1. The Balaban J connectivity index is 1.56. The molecule has 2 heterocycles. The minimum Gasteiger partial charge on any atom is -0.465 e. The van der Waals surface area contributed by atoms with Gasteiger partial charge in [-0.2, -0.15) is 4.98 Å². The van der Waals surface area contributed by atoms with Gasteiger partial charge in [0.2, 0.25) is 5.82 Å². The topological polar surface area (TPSA) is 106 Å². The Kier molecular flexibility index (Phi) is 4.39. The molecule has 1 aliphatic rings. The lowest BCUT2D eigenvalue weighted by Gasteiger charge is -2.36. The molecule has 0 spiro atoms. The quantitative estimate of drug-likeness (QED) is 0.878. The molecule has 1 aromatic heterocycles. The van der Waals surface area contributed by atoms with E-state index >= 15 is 0 Å². The maximum Gasteiger partial charge on any atom is 0.407 e. The maximum atomic E-state index is 11.4. The van der Waals surface area contributed by atoms with Crippen molar-refractivity contribution in [2.24, 2.45) is 0 Å². The van der Waals surface area contributed by atoms with E-state index in [0.29, 0.717) is 24.8 Å². The van der Waals surface area contributed by atoms with Gasteiger partial charge in [0.05, 0.1) is 19.2 Å². The van der Waals surface area contributed by atoms with Gasteiger partial charge in [-0.1, -0.05) is 5.16 Å². The average Bonchev–Trinajstić information content (AvgIpc) is 2.94. The minimum absolute atomic E-state index is 0.139. The van der Waals surface area contributed by atoms with E-state index in [1.807, 2.05) is 0 Å². The van der Waals surface area contributed by atoms with Crippen LogP contribution in [0.1, 0.15) is 5.89 Å². The molecular weight excluding hydrogens is 322 g/mol. The molecule has 23 heavy (non-hydrogen) atoms. The van der Waals surface area contributed by atoms with Crippen LogP contribution in [-0.4, -0.2) is 55.9 Å². The van der Waals surface area contributed by atoms with Crippen LogP contribution in [0.15, 0.2) is 33.7 Å². The Labute approximate surface area is 134 Å². The van der Waals surface area contributed by atoms with E-state index in [2.05, 4.69) is 10.1 Å². The fourth-order valence-corrected chi connectivity index (χ4v) is 2.63. The van der Waals surface area contributed by atoms with E-state index in [4.69, 9.17) is 14.4 Å². The predicted molar refractivity (Wildman–Crippen MR) is 80.2 cm³/mol. The largest absolute Gasteiger partial charge is 0.465 e. The molecule has 1 unspecified atom stereocenters. The van der Waals surface area contributed by atoms with Gasteiger partial charge < -0.3 is 19.3 Å². The molecule has 1 saturated heterocycles. The van der Waals surface area contributed by atoms with Gasteiger partial charge in [-0.25, -0.2) is 4.79 Å². The van der Waals surface area contributed by atoms with Gasteiger partial charge in [-0.05, 0) is 24.3 Å². The number of carbonyl (C=O) groups is 1. The molecule has 0 bridgehead atoms. The third-order valence-electron chi connectivity index (χ3n) is 3.47. The van der Waals surface area contributed by atoms with E-state index in [1.54, 1.807) is 30.5 Å². The highest BCUT2D eigenvalue weighted by Gasteiger charge is 2.31. The van der Waals surface area contributed by atoms with Crippen LogP contribution >= 0.6 is 0 Å². The molecule has 1 N–H and O–H groups in total. The summed E-state index contributed by atoms with van der Waals surface area (Å²) in [4.78, 5) is 16.9. The molecule has 1 aromatic carbocycles. The third-order valence-corrected chi connectivity index (χ3v) is 4.41. The Morgan fingerprint density at radius 3 is 2.74 bits per heavy atom. The molecule has 3 rings (SSSR count). The summed E-state index contributed by atoms with van der Waals surface area (Å²) >= 11 is 0. The van der Waals surface area contributed by atoms with E-state index in [0.717, 1.165) is 10.5 Å². The number of carboxylic acid groups (broad SMARTS) is 1. The van der Waals surface area contributed by atoms with Crippen LogP contribution in [-0.2, 0) is 22.1 Å². The van der Waals surface area contributed by atoms with E-state index in [-0.39, 0.29) is 12.7 Å². The van der Waals surface area contributed by atoms with Crippen molar-refractivity contribution >= 4 is 16.9 Å². The van der Waals surface area contributed by atoms with E-state index < -0.39 is 16.9 Å². The first kappa shape index (κ1) is 15.6. The molecule has 0 aliphatic carbocycles. The number of likely N-dealkylation sites (tertiary alicyclic amines) is 1. The van der Waals surface area contributed by atoms with Crippen LogP contribution < -0.4 is 0 Å². The summed E-state index contributed by atoms with van der Waals surface area (Å²) < 4.78 is 22.0. The van der Waals surface area contributed by atoms with Crippen molar-refractivity contribution in [3.63, 3.8) is 0 Å². The number of nitrogens with zero attached hydrogens (tertiary/aromatic N) is 3. The summed E-state index contributed by atoms with van der Waals surface area (Å²) in [5.41, 5.74) is 0.759. The van der Waals surface area contributed by atoms with Gasteiger partial charge in [-0.15, -0.1) is 0 Å². The zero-order valence-electron chi connectivity index (χ0n) is 12.3. The second-order valence-corrected chi connectivity index (χ2v) is 6.49. The minimum atomic E-state index is -1.03. The SMILES string of the molecule is CS(=O)c1ccc(-c2noc(COC3CN(C(=O)O)C3)n2)cc1. The molecular formula is C14H15N3O5S. The van der Waals surface area contributed by atoms with Crippen LogP contribution in [0.25, 0.3) is 11.4 Å². The van der Waals surface area contributed by atoms with Crippen molar-refractivity contribution < 1.29 is 23.4 Å². The molecule has 1 amide bonds. The van der Waals surface area contributed by atoms with E-state index in [1.165, 1.54) is 4.90 Å². The summed E-state index contributed by atoms with van der Waals surface area (Å²) in [7, 11) is -1.03. The molecule has 0 saturated carbocycles. The smallest absolute Gasteiger partial charge is 0.407 e. The van der Waals surface area contributed by atoms with Gasteiger partial charge in [-0.3, -0.25) is 4.21 Å². The standard InChI is InChI=1S/C14H15N3O5S/c1-23(20)11-4-2-9(3-5-11)13-15-12(22-16-13)8-21-10-6-17(7-10)14(18)19/h2-5,10H,6-8H2,1H3,(H,18,19). The number of amides is 1. The summed E-state index contributed by atoms with van der Waals surface area (Å²) in [6.45, 7) is 0.847. The Morgan fingerprint density at radius 1 is 1.43 bits per heavy atom. The fourth-order valence-electron chi connectivity index (χ4n) is 2.12. The monoisotopic (exact) mass is 337 g/mol. The van der Waals surface area contributed by atoms with Crippen molar-refractivity contribution in [1.29, 1.82) is 0 Å². The maximum absolute atomic E-state index is 11.4. The average molecular weight is 337 g/mol. The Morgan fingerprint density at radius 2 is 2.13 bits per heavy atom.